The number of benzene rings is 2. The van der Waals surface area contributed by atoms with Crippen LogP contribution in [0, 0.1) is 5.92 Å². The highest BCUT2D eigenvalue weighted by Gasteiger charge is 2.34. The van der Waals surface area contributed by atoms with Crippen LogP contribution in [0.5, 0.6) is 0 Å². The number of piperidine rings is 1. The Balaban J connectivity index is 1.53. The number of hydrogen-bond donors (Lipinski definition) is 1. The smallest absolute Gasteiger partial charge is 0.309 e. The maximum Gasteiger partial charge on any atom is 0.309 e. The van der Waals surface area contributed by atoms with E-state index in [4.69, 9.17) is 4.74 Å². The van der Waals surface area contributed by atoms with Crippen molar-refractivity contribution in [2.24, 2.45) is 5.92 Å². The molecule has 0 bridgehead atoms. The second kappa shape index (κ2) is 10.1. The number of para-hydroxylation sites is 1. The lowest BCUT2D eigenvalue weighted by Crippen LogP contribution is -2.41. The van der Waals surface area contributed by atoms with E-state index in [0.29, 0.717) is 24.1 Å². The van der Waals surface area contributed by atoms with Crippen molar-refractivity contribution in [1.29, 1.82) is 0 Å². The topological polar surface area (TPSA) is 110 Å². The number of anilines is 1. The minimum atomic E-state index is -3.72. The van der Waals surface area contributed by atoms with Crippen molar-refractivity contribution in [2.75, 3.05) is 18.4 Å². The Hall–Kier alpha value is -3.04. The quantitative estimate of drug-likeness (QED) is 0.505. The van der Waals surface area contributed by atoms with E-state index in [-0.39, 0.29) is 23.8 Å². The van der Waals surface area contributed by atoms with Gasteiger partial charge in [-0.15, -0.1) is 0 Å². The normalized spacial score (nSPS) is 16.2. The molecule has 1 aliphatic heterocycles. The molecule has 0 saturated carbocycles. The summed E-state index contributed by atoms with van der Waals surface area (Å²) < 4.78 is 32.4. The minimum absolute atomic E-state index is 0.106. The van der Waals surface area contributed by atoms with E-state index in [0.717, 1.165) is 0 Å². The molecule has 2 aromatic rings. The van der Waals surface area contributed by atoms with E-state index >= 15 is 0 Å². The number of nitrogens with zero attached hydrogens (tertiary/aromatic N) is 1. The largest absolute Gasteiger partial charge is 0.452 e. The van der Waals surface area contributed by atoms with Crippen molar-refractivity contribution in [1.82, 2.24) is 4.31 Å². The van der Waals surface area contributed by atoms with E-state index in [1.54, 1.807) is 24.3 Å². The summed E-state index contributed by atoms with van der Waals surface area (Å²) in [5, 5.41) is 2.68. The zero-order valence-corrected chi connectivity index (χ0v) is 18.8. The summed E-state index contributed by atoms with van der Waals surface area (Å²) >= 11 is 0. The zero-order valence-electron chi connectivity index (χ0n) is 18.0. The van der Waals surface area contributed by atoms with Crippen LogP contribution in [0.4, 0.5) is 5.69 Å². The average molecular weight is 459 g/mol. The maximum atomic E-state index is 12.9. The molecular weight excluding hydrogens is 432 g/mol. The molecule has 9 heteroatoms. The fourth-order valence-corrected chi connectivity index (χ4v) is 4.90. The standard InChI is InChI=1S/C23H26N2O6S/c1-16(26)18-8-10-21(11-9-18)32(29,30)25-14-12-19(13-15-25)23(28)31-17(2)22(27)24-20-6-4-3-5-7-20/h3-11,17,19H,12-15H2,1-2H3,(H,24,27). The van der Waals surface area contributed by atoms with E-state index in [2.05, 4.69) is 5.32 Å². The molecule has 1 atom stereocenters. The second-order valence-electron chi connectivity index (χ2n) is 7.69. The molecule has 1 amide bonds. The number of rotatable bonds is 7. The van der Waals surface area contributed by atoms with Crippen LogP contribution in [-0.4, -0.2) is 49.6 Å². The van der Waals surface area contributed by atoms with Crippen molar-refractivity contribution in [3.05, 3.63) is 60.2 Å². The lowest BCUT2D eigenvalue weighted by Gasteiger charge is -2.30. The third-order valence-corrected chi connectivity index (χ3v) is 7.30. The highest BCUT2D eigenvalue weighted by Crippen LogP contribution is 2.25. The summed E-state index contributed by atoms with van der Waals surface area (Å²) in [6.45, 7) is 3.25. The molecule has 1 heterocycles. The van der Waals surface area contributed by atoms with Crippen molar-refractivity contribution >= 4 is 33.4 Å². The molecular formula is C23H26N2O6S. The number of ether oxygens (including phenoxy) is 1. The van der Waals surface area contributed by atoms with Gasteiger partial charge >= 0.3 is 5.97 Å². The number of nitrogens with one attached hydrogen (secondary N) is 1. The van der Waals surface area contributed by atoms with Crippen LogP contribution in [0.1, 0.15) is 37.0 Å². The van der Waals surface area contributed by atoms with Gasteiger partial charge in [-0.3, -0.25) is 14.4 Å². The van der Waals surface area contributed by atoms with Crippen molar-refractivity contribution in [2.45, 2.75) is 37.7 Å². The molecule has 170 valence electrons. The van der Waals surface area contributed by atoms with Gasteiger partial charge in [0.05, 0.1) is 10.8 Å². The molecule has 2 aromatic carbocycles. The lowest BCUT2D eigenvalue weighted by molar-refractivity contribution is -0.158. The van der Waals surface area contributed by atoms with Crippen molar-refractivity contribution < 1.29 is 27.5 Å². The molecule has 1 aliphatic rings. The number of esters is 1. The number of sulfonamides is 1. The summed E-state index contributed by atoms with van der Waals surface area (Å²) in [4.78, 5) is 36.2. The van der Waals surface area contributed by atoms with Gasteiger partial charge in [-0.1, -0.05) is 30.3 Å². The molecule has 0 radical (unpaired) electrons. The van der Waals surface area contributed by atoms with Crippen LogP contribution in [-0.2, 0) is 24.3 Å². The lowest BCUT2D eigenvalue weighted by atomic mass is 9.98. The summed E-state index contributed by atoms with van der Waals surface area (Å²) in [7, 11) is -3.72. The molecule has 8 nitrogen and oxygen atoms in total. The predicted molar refractivity (Wildman–Crippen MR) is 119 cm³/mol. The first-order valence-corrected chi connectivity index (χ1v) is 11.8. The predicted octanol–water partition coefficient (Wildman–Crippen LogP) is 2.86. The van der Waals surface area contributed by atoms with Crippen LogP contribution in [0.25, 0.3) is 0 Å². The molecule has 0 aliphatic carbocycles. The fourth-order valence-electron chi connectivity index (χ4n) is 3.43. The first-order valence-electron chi connectivity index (χ1n) is 10.4. The van der Waals surface area contributed by atoms with Gasteiger partial charge in [-0.2, -0.15) is 4.31 Å². The van der Waals surface area contributed by atoms with E-state index in [1.165, 1.54) is 42.4 Å². The zero-order chi connectivity index (χ0) is 23.3. The Morgan fingerprint density at radius 3 is 2.16 bits per heavy atom. The number of carbonyl (C=O) groups is 3. The van der Waals surface area contributed by atoms with Gasteiger partial charge in [0.1, 0.15) is 0 Å². The van der Waals surface area contributed by atoms with E-state index < -0.39 is 33.9 Å². The summed E-state index contributed by atoms with van der Waals surface area (Å²) in [6, 6.07) is 14.7. The summed E-state index contributed by atoms with van der Waals surface area (Å²) in [6.07, 6.45) is -0.364. The first-order chi connectivity index (χ1) is 15.2. The van der Waals surface area contributed by atoms with Gasteiger partial charge in [0.25, 0.3) is 5.91 Å². The van der Waals surface area contributed by atoms with Gasteiger partial charge < -0.3 is 10.1 Å². The summed E-state index contributed by atoms with van der Waals surface area (Å²) in [5.74, 6) is -1.56. The Kier molecular flexibility index (Phi) is 7.42. The van der Waals surface area contributed by atoms with Gasteiger partial charge in [0, 0.05) is 24.3 Å². The highest BCUT2D eigenvalue weighted by molar-refractivity contribution is 7.89. The van der Waals surface area contributed by atoms with Crippen molar-refractivity contribution in [3.8, 4) is 0 Å². The number of amides is 1. The van der Waals surface area contributed by atoms with Crippen LogP contribution in [0.15, 0.2) is 59.5 Å². The molecule has 3 rings (SSSR count). The Morgan fingerprint density at radius 2 is 1.59 bits per heavy atom. The minimum Gasteiger partial charge on any atom is -0.452 e. The van der Waals surface area contributed by atoms with Gasteiger partial charge in [0.15, 0.2) is 11.9 Å². The van der Waals surface area contributed by atoms with Crippen LogP contribution < -0.4 is 5.32 Å². The molecule has 1 saturated heterocycles. The molecule has 32 heavy (non-hydrogen) atoms. The van der Waals surface area contributed by atoms with Gasteiger partial charge in [0.2, 0.25) is 10.0 Å². The Morgan fingerprint density at radius 1 is 1.00 bits per heavy atom. The molecule has 0 spiro atoms. The third-order valence-electron chi connectivity index (χ3n) is 5.39. The van der Waals surface area contributed by atoms with E-state index in [1.807, 2.05) is 6.07 Å². The number of hydrogen-bond acceptors (Lipinski definition) is 6. The van der Waals surface area contributed by atoms with Crippen LogP contribution >= 0.6 is 0 Å². The Labute approximate surface area is 187 Å². The summed E-state index contributed by atoms with van der Waals surface area (Å²) in [5.41, 5.74) is 1.05. The fraction of sp³-hybridized carbons (Fsp3) is 0.348. The molecule has 1 fully saturated rings. The van der Waals surface area contributed by atoms with Gasteiger partial charge in [-0.25, -0.2) is 8.42 Å². The average Bonchev–Trinajstić information content (AvgIpc) is 2.79. The SMILES string of the molecule is CC(=O)c1ccc(S(=O)(=O)N2CCC(C(=O)OC(C)C(=O)Nc3ccccc3)CC2)cc1. The van der Waals surface area contributed by atoms with Crippen molar-refractivity contribution in [3.63, 3.8) is 0 Å². The van der Waals surface area contributed by atoms with Crippen LogP contribution in [0.2, 0.25) is 0 Å². The Bertz CT molecular complexity index is 1080. The molecule has 1 unspecified atom stereocenters. The molecule has 0 aromatic heterocycles. The monoisotopic (exact) mass is 458 g/mol. The molecule has 1 N–H and O–H groups in total. The van der Waals surface area contributed by atoms with E-state index in [9.17, 15) is 22.8 Å². The first kappa shape index (κ1) is 23.6. The second-order valence-corrected chi connectivity index (χ2v) is 9.63. The number of ketones is 1. The highest BCUT2D eigenvalue weighted by atomic mass is 32.2. The third kappa shape index (κ3) is 5.60. The number of Topliss-reactive ketones (excluding diaryl/α,β-unsaturated/α-hetero) is 1. The maximum absolute atomic E-state index is 12.9. The van der Waals surface area contributed by atoms with Gasteiger partial charge in [-0.05, 0) is 51.0 Å². The van der Waals surface area contributed by atoms with Crippen LogP contribution in [0.3, 0.4) is 0 Å². The number of carbonyl (C=O) groups excluding carboxylic acids is 3.